The van der Waals surface area contributed by atoms with E-state index in [9.17, 15) is 0 Å². The van der Waals surface area contributed by atoms with Gasteiger partial charge in [0.2, 0.25) is 0 Å². The highest BCUT2D eigenvalue weighted by molar-refractivity contribution is 6.33. The van der Waals surface area contributed by atoms with Crippen LogP contribution in [-0.2, 0) is 0 Å². The number of pyridine rings is 1. The molecule has 0 bridgehead atoms. The van der Waals surface area contributed by atoms with Crippen LogP contribution in [0.15, 0.2) is 24.4 Å². The van der Waals surface area contributed by atoms with Gasteiger partial charge in [-0.3, -0.25) is 4.98 Å². The van der Waals surface area contributed by atoms with Crippen molar-refractivity contribution < 1.29 is 0 Å². The van der Waals surface area contributed by atoms with Crippen molar-refractivity contribution in [2.75, 3.05) is 5.73 Å². The third-order valence-corrected chi connectivity index (χ3v) is 3.25. The summed E-state index contributed by atoms with van der Waals surface area (Å²) in [4.78, 5) is 4.37. The number of hydrogen-bond donors (Lipinski definition) is 1. The van der Waals surface area contributed by atoms with Gasteiger partial charge in [0.05, 0.1) is 22.6 Å². The Kier molecular flexibility index (Phi) is 3.07. The molecule has 0 spiro atoms. The fraction of sp³-hybridized carbons (Fsp3) is 0.214. The molecule has 0 aliphatic heterocycles. The second-order valence-electron chi connectivity index (χ2n) is 4.35. The zero-order valence-electron chi connectivity index (χ0n) is 10.2. The lowest BCUT2D eigenvalue weighted by Crippen LogP contribution is -1.94. The first-order valence-corrected chi connectivity index (χ1v) is 5.86. The summed E-state index contributed by atoms with van der Waals surface area (Å²) in [6.45, 7) is 6.11. The molecule has 2 aromatic rings. The summed E-state index contributed by atoms with van der Waals surface area (Å²) < 4.78 is 0. The molecule has 2 nitrogen and oxygen atoms in total. The predicted molar refractivity (Wildman–Crippen MR) is 73.3 cm³/mol. The van der Waals surface area contributed by atoms with Crippen molar-refractivity contribution in [3.8, 4) is 11.3 Å². The average molecular weight is 247 g/mol. The molecule has 3 heteroatoms. The molecule has 0 saturated carbocycles. The number of nitrogens with two attached hydrogens (primary N) is 1. The van der Waals surface area contributed by atoms with E-state index >= 15 is 0 Å². The highest BCUT2D eigenvalue weighted by atomic mass is 35.5. The van der Waals surface area contributed by atoms with Gasteiger partial charge in [0.1, 0.15) is 0 Å². The molecule has 88 valence electrons. The van der Waals surface area contributed by atoms with E-state index in [2.05, 4.69) is 18.0 Å². The van der Waals surface area contributed by atoms with Crippen molar-refractivity contribution in [2.45, 2.75) is 20.8 Å². The fourth-order valence-electron chi connectivity index (χ4n) is 1.84. The Morgan fingerprint density at radius 1 is 1.00 bits per heavy atom. The molecule has 1 heterocycles. The van der Waals surface area contributed by atoms with Crippen LogP contribution in [0.3, 0.4) is 0 Å². The maximum absolute atomic E-state index is 6.28. The van der Waals surface area contributed by atoms with Crippen LogP contribution >= 0.6 is 11.6 Å². The van der Waals surface area contributed by atoms with E-state index in [1.807, 2.05) is 26.0 Å². The van der Waals surface area contributed by atoms with Crippen molar-refractivity contribution in [1.29, 1.82) is 0 Å². The zero-order valence-corrected chi connectivity index (χ0v) is 11.0. The minimum absolute atomic E-state index is 0.672. The minimum Gasteiger partial charge on any atom is -0.397 e. The van der Waals surface area contributed by atoms with Crippen LogP contribution in [-0.4, -0.2) is 4.98 Å². The lowest BCUT2D eigenvalue weighted by molar-refractivity contribution is 1.26. The summed E-state index contributed by atoms with van der Waals surface area (Å²) in [6, 6.07) is 5.96. The van der Waals surface area contributed by atoms with Crippen LogP contribution in [0.5, 0.6) is 0 Å². The van der Waals surface area contributed by atoms with Gasteiger partial charge in [0.25, 0.3) is 0 Å². The van der Waals surface area contributed by atoms with Crippen LogP contribution in [0, 0.1) is 20.8 Å². The topological polar surface area (TPSA) is 38.9 Å². The van der Waals surface area contributed by atoms with Gasteiger partial charge in [-0.05, 0) is 55.7 Å². The molecule has 0 amide bonds. The number of hydrogen-bond acceptors (Lipinski definition) is 2. The molecule has 0 saturated heterocycles. The molecule has 1 aromatic heterocycles. The first kappa shape index (κ1) is 11.9. The normalized spacial score (nSPS) is 10.6. The second kappa shape index (κ2) is 4.38. The van der Waals surface area contributed by atoms with Crippen LogP contribution < -0.4 is 5.73 Å². The summed E-state index contributed by atoms with van der Waals surface area (Å²) >= 11 is 6.28. The van der Waals surface area contributed by atoms with E-state index in [-0.39, 0.29) is 0 Å². The van der Waals surface area contributed by atoms with Crippen molar-refractivity contribution >= 4 is 17.3 Å². The summed E-state index contributed by atoms with van der Waals surface area (Å²) in [5.41, 5.74) is 11.7. The van der Waals surface area contributed by atoms with E-state index in [1.54, 1.807) is 6.20 Å². The summed E-state index contributed by atoms with van der Waals surface area (Å²) in [5, 5.41) is 0.730. The van der Waals surface area contributed by atoms with Crippen molar-refractivity contribution in [3.05, 3.63) is 46.1 Å². The van der Waals surface area contributed by atoms with Gasteiger partial charge < -0.3 is 5.73 Å². The Hall–Kier alpha value is -1.54. The molecule has 2 N–H and O–H groups in total. The number of rotatable bonds is 1. The van der Waals surface area contributed by atoms with E-state index < -0.39 is 0 Å². The second-order valence-corrected chi connectivity index (χ2v) is 4.76. The Morgan fingerprint density at radius 2 is 1.65 bits per heavy atom. The third kappa shape index (κ3) is 2.27. The van der Waals surface area contributed by atoms with Gasteiger partial charge in [-0.15, -0.1) is 0 Å². The monoisotopic (exact) mass is 246 g/mol. The van der Waals surface area contributed by atoms with Gasteiger partial charge in [0.15, 0.2) is 0 Å². The molecular formula is C14H15ClN2. The highest BCUT2D eigenvalue weighted by Gasteiger charge is 2.10. The Balaban J connectivity index is 2.64. The summed E-state index contributed by atoms with van der Waals surface area (Å²) in [7, 11) is 0. The Morgan fingerprint density at radius 3 is 2.29 bits per heavy atom. The summed E-state index contributed by atoms with van der Waals surface area (Å²) in [6.07, 6.45) is 1.66. The quantitative estimate of drug-likeness (QED) is 0.829. The maximum Gasteiger partial charge on any atom is 0.0747 e. The van der Waals surface area contributed by atoms with E-state index in [4.69, 9.17) is 17.3 Å². The van der Waals surface area contributed by atoms with E-state index in [0.29, 0.717) is 5.69 Å². The zero-order chi connectivity index (χ0) is 12.6. The largest absolute Gasteiger partial charge is 0.397 e. The SMILES string of the molecule is Cc1cc(Cl)c(-c2ncc(N)cc2C)cc1C. The number of halogens is 1. The summed E-state index contributed by atoms with van der Waals surface area (Å²) in [5.74, 6) is 0. The highest BCUT2D eigenvalue weighted by Crippen LogP contribution is 2.31. The standard InChI is InChI=1S/C14H15ClN2/c1-8-5-12(13(15)6-9(8)2)14-10(3)4-11(16)7-17-14/h4-7H,16H2,1-3H3. The Bertz CT molecular complexity index is 577. The first-order chi connectivity index (χ1) is 7.99. The van der Waals surface area contributed by atoms with Crippen molar-refractivity contribution in [2.24, 2.45) is 0 Å². The minimum atomic E-state index is 0.672. The molecule has 1 aromatic carbocycles. The average Bonchev–Trinajstić information content (AvgIpc) is 2.24. The molecule has 17 heavy (non-hydrogen) atoms. The van der Waals surface area contributed by atoms with Gasteiger partial charge >= 0.3 is 0 Å². The molecule has 0 fully saturated rings. The van der Waals surface area contributed by atoms with Crippen LogP contribution in [0.25, 0.3) is 11.3 Å². The van der Waals surface area contributed by atoms with Gasteiger partial charge in [-0.25, -0.2) is 0 Å². The number of benzene rings is 1. The number of nitrogens with zero attached hydrogens (tertiary/aromatic N) is 1. The molecular weight excluding hydrogens is 232 g/mol. The number of nitrogen functional groups attached to an aromatic ring is 1. The molecule has 0 aliphatic carbocycles. The van der Waals surface area contributed by atoms with Gasteiger partial charge in [0, 0.05) is 5.56 Å². The number of aryl methyl sites for hydroxylation is 3. The van der Waals surface area contributed by atoms with Crippen LogP contribution in [0.4, 0.5) is 5.69 Å². The fourth-order valence-corrected chi connectivity index (χ4v) is 2.15. The molecule has 2 rings (SSSR count). The van der Waals surface area contributed by atoms with Crippen molar-refractivity contribution in [1.82, 2.24) is 4.98 Å². The smallest absolute Gasteiger partial charge is 0.0747 e. The van der Waals surface area contributed by atoms with Crippen molar-refractivity contribution in [3.63, 3.8) is 0 Å². The maximum atomic E-state index is 6.28. The van der Waals surface area contributed by atoms with Crippen LogP contribution in [0.1, 0.15) is 16.7 Å². The molecule has 0 unspecified atom stereocenters. The molecule has 0 radical (unpaired) electrons. The Labute approximate surface area is 106 Å². The lowest BCUT2D eigenvalue weighted by Gasteiger charge is -2.10. The predicted octanol–water partition coefficient (Wildman–Crippen LogP) is 3.91. The third-order valence-electron chi connectivity index (χ3n) is 2.94. The molecule has 0 atom stereocenters. The first-order valence-electron chi connectivity index (χ1n) is 5.48. The number of aromatic nitrogens is 1. The van der Waals surface area contributed by atoms with Gasteiger partial charge in [-0.2, -0.15) is 0 Å². The van der Waals surface area contributed by atoms with E-state index in [1.165, 1.54) is 11.1 Å². The van der Waals surface area contributed by atoms with Gasteiger partial charge in [-0.1, -0.05) is 11.6 Å². The number of anilines is 1. The van der Waals surface area contributed by atoms with Crippen LogP contribution in [0.2, 0.25) is 5.02 Å². The van der Waals surface area contributed by atoms with E-state index in [0.717, 1.165) is 21.8 Å². The molecule has 0 aliphatic rings. The lowest BCUT2D eigenvalue weighted by atomic mass is 10.0.